The van der Waals surface area contributed by atoms with Crippen LogP contribution < -0.4 is 0 Å². The van der Waals surface area contributed by atoms with Crippen LogP contribution in [-0.4, -0.2) is 27.7 Å². The molecule has 1 heterocycles. The molecule has 0 atom stereocenters. The van der Waals surface area contributed by atoms with Crippen LogP contribution in [0.4, 0.5) is 5.69 Å². The fraction of sp³-hybridized carbons (Fsp3) is 0.200. The summed E-state index contributed by atoms with van der Waals surface area (Å²) in [5, 5.41) is 10.9. The first kappa shape index (κ1) is 18.8. The smallest absolute Gasteiger partial charge is 0.269 e. The topological polar surface area (TPSA) is 80.5 Å². The molecule has 0 aromatic heterocycles. The summed E-state index contributed by atoms with van der Waals surface area (Å²) >= 11 is 1.32. The van der Waals surface area contributed by atoms with Crippen molar-refractivity contribution in [1.82, 2.24) is 4.90 Å². The summed E-state index contributed by atoms with van der Waals surface area (Å²) in [5.41, 5.74) is 1.80. The van der Waals surface area contributed by atoms with Crippen LogP contribution in [0.5, 0.6) is 0 Å². The Morgan fingerprint density at radius 2 is 1.63 bits per heavy atom. The molecule has 0 bridgehead atoms. The number of carbonyl (C=O) groups is 2. The van der Waals surface area contributed by atoms with Gasteiger partial charge in [-0.2, -0.15) is 0 Å². The monoisotopic (exact) mass is 382 g/mol. The predicted molar refractivity (Wildman–Crippen MR) is 105 cm³/mol. The summed E-state index contributed by atoms with van der Waals surface area (Å²) in [6, 6.07) is 15.1. The third-order valence-electron chi connectivity index (χ3n) is 4.18. The SMILES string of the molecule is CC(C)N1C(=O)C(SCc2ccccc2)=C(c2ccc([N+](=O)[O-])cc2)C1=O. The molecule has 0 unspecified atom stereocenters. The maximum absolute atomic E-state index is 12.9. The lowest BCUT2D eigenvalue weighted by Gasteiger charge is -2.19. The van der Waals surface area contributed by atoms with Crippen LogP contribution in [0.25, 0.3) is 5.57 Å². The summed E-state index contributed by atoms with van der Waals surface area (Å²) in [4.78, 5) is 37.8. The first-order valence-corrected chi connectivity index (χ1v) is 9.42. The highest BCUT2D eigenvalue weighted by atomic mass is 32.2. The van der Waals surface area contributed by atoms with Gasteiger partial charge in [-0.15, -0.1) is 11.8 Å². The number of imide groups is 1. The van der Waals surface area contributed by atoms with E-state index in [-0.39, 0.29) is 23.5 Å². The third-order valence-corrected chi connectivity index (χ3v) is 5.33. The Morgan fingerprint density at radius 1 is 1.00 bits per heavy atom. The second-order valence-corrected chi connectivity index (χ2v) is 7.34. The van der Waals surface area contributed by atoms with Crippen molar-refractivity contribution in [2.45, 2.75) is 25.6 Å². The van der Waals surface area contributed by atoms with Gasteiger partial charge in [0, 0.05) is 23.9 Å². The Balaban J connectivity index is 1.99. The summed E-state index contributed by atoms with van der Waals surface area (Å²) in [6.45, 7) is 3.57. The summed E-state index contributed by atoms with van der Waals surface area (Å²) in [5.74, 6) is -0.124. The van der Waals surface area contributed by atoms with Crippen molar-refractivity contribution >= 4 is 34.8 Å². The number of rotatable bonds is 6. The fourth-order valence-corrected chi connectivity index (χ4v) is 3.94. The van der Waals surface area contributed by atoms with Gasteiger partial charge < -0.3 is 0 Å². The van der Waals surface area contributed by atoms with E-state index >= 15 is 0 Å². The van der Waals surface area contributed by atoms with E-state index in [4.69, 9.17) is 0 Å². The second kappa shape index (κ2) is 7.75. The van der Waals surface area contributed by atoms with E-state index in [0.717, 1.165) is 5.56 Å². The maximum Gasteiger partial charge on any atom is 0.269 e. The molecule has 2 aromatic carbocycles. The van der Waals surface area contributed by atoms with E-state index in [1.54, 1.807) is 13.8 Å². The van der Waals surface area contributed by atoms with Gasteiger partial charge in [0.05, 0.1) is 15.4 Å². The molecule has 0 radical (unpaired) electrons. The van der Waals surface area contributed by atoms with Crippen molar-refractivity contribution in [2.75, 3.05) is 0 Å². The van der Waals surface area contributed by atoms with Crippen molar-refractivity contribution < 1.29 is 14.5 Å². The van der Waals surface area contributed by atoms with Crippen LogP contribution in [0.2, 0.25) is 0 Å². The van der Waals surface area contributed by atoms with Crippen molar-refractivity contribution in [3.05, 3.63) is 80.7 Å². The van der Waals surface area contributed by atoms with Gasteiger partial charge in [-0.3, -0.25) is 24.6 Å². The van der Waals surface area contributed by atoms with Crippen molar-refractivity contribution in [2.24, 2.45) is 0 Å². The average Bonchev–Trinajstić information content (AvgIpc) is 2.90. The predicted octanol–water partition coefficient (Wildman–Crippen LogP) is 4.02. The number of thioether (sulfide) groups is 1. The van der Waals surface area contributed by atoms with Crippen molar-refractivity contribution in [3.63, 3.8) is 0 Å². The normalized spacial score (nSPS) is 14.4. The molecule has 138 valence electrons. The molecule has 0 N–H and O–H groups in total. The zero-order valence-electron chi connectivity index (χ0n) is 14.9. The van der Waals surface area contributed by atoms with Gasteiger partial charge in [0.2, 0.25) is 0 Å². The molecule has 1 aliphatic heterocycles. The summed E-state index contributed by atoms with van der Waals surface area (Å²) < 4.78 is 0. The fourth-order valence-electron chi connectivity index (χ4n) is 2.86. The molecule has 3 rings (SSSR count). The number of amides is 2. The number of nitrogens with zero attached hydrogens (tertiary/aromatic N) is 2. The molecular weight excluding hydrogens is 364 g/mol. The van der Waals surface area contributed by atoms with Gasteiger partial charge in [-0.05, 0) is 37.1 Å². The van der Waals surface area contributed by atoms with Crippen molar-refractivity contribution in [1.29, 1.82) is 0 Å². The molecule has 0 aliphatic carbocycles. The lowest BCUT2D eigenvalue weighted by atomic mass is 10.1. The molecule has 1 aliphatic rings. The zero-order chi connectivity index (χ0) is 19.6. The molecule has 2 aromatic rings. The number of nitro benzene ring substituents is 1. The van der Waals surface area contributed by atoms with Crippen molar-refractivity contribution in [3.8, 4) is 0 Å². The van der Waals surface area contributed by atoms with Crippen LogP contribution in [0.3, 0.4) is 0 Å². The van der Waals surface area contributed by atoms with E-state index in [1.165, 1.54) is 40.9 Å². The standard InChI is InChI=1S/C20H18N2O4S/c1-13(2)21-19(23)17(15-8-10-16(11-9-15)22(25)26)18(20(21)24)27-12-14-6-4-3-5-7-14/h3-11,13H,12H2,1-2H3. The number of benzene rings is 2. The van der Waals surface area contributed by atoms with E-state index in [1.807, 2.05) is 30.3 Å². The minimum Gasteiger partial charge on any atom is -0.271 e. The highest BCUT2D eigenvalue weighted by Gasteiger charge is 2.40. The van der Waals surface area contributed by atoms with Gasteiger partial charge in [0.25, 0.3) is 17.5 Å². The minimum atomic E-state index is -0.495. The Hall–Kier alpha value is -2.93. The number of hydrogen-bond acceptors (Lipinski definition) is 5. The molecule has 0 saturated carbocycles. The van der Waals surface area contributed by atoms with Crippen LogP contribution in [0.15, 0.2) is 59.5 Å². The minimum absolute atomic E-state index is 0.0599. The summed E-state index contributed by atoms with van der Waals surface area (Å²) in [6.07, 6.45) is 0. The van der Waals surface area contributed by atoms with Crippen LogP contribution in [0.1, 0.15) is 25.0 Å². The molecule has 0 saturated heterocycles. The maximum atomic E-state index is 12.9. The average molecular weight is 382 g/mol. The lowest BCUT2D eigenvalue weighted by Crippen LogP contribution is -2.37. The lowest BCUT2D eigenvalue weighted by molar-refractivity contribution is -0.384. The van der Waals surface area contributed by atoms with Gasteiger partial charge in [0.15, 0.2) is 0 Å². The molecule has 0 fully saturated rings. The van der Waals surface area contributed by atoms with Crippen LogP contribution in [0, 0.1) is 10.1 Å². The summed E-state index contributed by atoms with van der Waals surface area (Å²) in [7, 11) is 0. The Bertz CT molecular complexity index is 921. The molecular formula is C20H18N2O4S. The van der Waals surface area contributed by atoms with Crippen LogP contribution >= 0.6 is 11.8 Å². The number of hydrogen-bond donors (Lipinski definition) is 0. The van der Waals surface area contributed by atoms with E-state index < -0.39 is 4.92 Å². The zero-order valence-corrected chi connectivity index (χ0v) is 15.7. The highest BCUT2D eigenvalue weighted by Crippen LogP contribution is 2.38. The van der Waals surface area contributed by atoms with Gasteiger partial charge in [-0.25, -0.2) is 0 Å². The molecule has 27 heavy (non-hydrogen) atoms. The number of non-ortho nitro benzene ring substituents is 1. The number of carbonyl (C=O) groups excluding carboxylic acids is 2. The van der Waals surface area contributed by atoms with Crippen LogP contribution in [-0.2, 0) is 15.3 Å². The first-order chi connectivity index (χ1) is 12.9. The van der Waals surface area contributed by atoms with E-state index in [2.05, 4.69) is 0 Å². The quantitative estimate of drug-likeness (QED) is 0.428. The molecule has 6 nitrogen and oxygen atoms in total. The Morgan fingerprint density at radius 3 is 2.19 bits per heavy atom. The Labute approximate surface area is 161 Å². The molecule has 0 spiro atoms. The highest BCUT2D eigenvalue weighted by molar-refractivity contribution is 8.03. The molecule has 2 amide bonds. The molecule has 7 heteroatoms. The van der Waals surface area contributed by atoms with Gasteiger partial charge >= 0.3 is 0 Å². The first-order valence-electron chi connectivity index (χ1n) is 8.44. The number of nitro groups is 1. The van der Waals surface area contributed by atoms with Gasteiger partial charge in [-0.1, -0.05) is 30.3 Å². The van der Waals surface area contributed by atoms with E-state index in [9.17, 15) is 19.7 Å². The van der Waals surface area contributed by atoms with Gasteiger partial charge in [0.1, 0.15) is 0 Å². The third kappa shape index (κ3) is 3.78. The second-order valence-electron chi connectivity index (χ2n) is 6.36. The largest absolute Gasteiger partial charge is 0.271 e. The Kier molecular flexibility index (Phi) is 5.41. The van der Waals surface area contributed by atoms with E-state index in [0.29, 0.717) is 21.8 Å².